The van der Waals surface area contributed by atoms with Gasteiger partial charge in [-0.1, -0.05) is 49.4 Å². The molecule has 0 saturated heterocycles. The molecule has 2 aromatic rings. The molecule has 0 spiro atoms. The summed E-state index contributed by atoms with van der Waals surface area (Å²) in [7, 11) is 0. The van der Waals surface area contributed by atoms with Gasteiger partial charge in [-0.2, -0.15) is 0 Å². The second-order valence-electron chi connectivity index (χ2n) is 5.25. The minimum absolute atomic E-state index is 0.142. The molecule has 0 aromatic heterocycles. The highest BCUT2D eigenvalue weighted by Gasteiger charge is 2.05. The summed E-state index contributed by atoms with van der Waals surface area (Å²) >= 11 is 0. The first-order chi connectivity index (χ1) is 9.69. The number of rotatable bonds is 6. The van der Waals surface area contributed by atoms with Crippen molar-refractivity contribution in [2.24, 2.45) is 5.73 Å². The normalized spacial score (nSPS) is 12.2. The third kappa shape index (κ3) is 4.10. The summed E-state index contributed by atoms with van der Waals surface area (Å²) < 4.78 is 5.94. The molecule has 0 amide bonds. The van der Waals surface area contributed by atoms with Crippen LogP contribution in [-0.2, 0) is 19.4 Å². The third-order valence-electron chi connectivity index (χ3n) is 3.34. The Labute approximate surface area is 121 Å². The molecule has 0 heterocycles. The van der Waals surface area contributed by atoms with Gasteiger partial charge in [0, 0.05) is 6.04 Å². The zero-order valence-corrected chi connectivity index (χ0v) is 12.3. The topological polar surface area (TPSA) is 35.2 Å². The van der Waals surface area contributed by atoms with E-state index in [2.05, 4.69) is 37.3 Å². The lowest BCUT2D eigenvalue weighted by atomic mass is 10.1. The first-order valence-corrected chi connectivity index (χ1v) is 7.23. The highest BCUT2D eigenvalue weighted by molar-refractivity contribution is 5.34. The standard InChI is InChI=1S/C18H23NO/c1-3-15-8-10-16(11-9-15)13-20-18-7-5-4-6-17(18)12-14(2)19/h4-11,14H,3,12-13,19H2,1-2H3. The maximum absolute atomic E-state index is 5.94. The maximum Gasteiger partial charge on any atom is 0.123 e. The van der Waals surface area contributed by atoms with Crippen molar-refractivity contribution in [3.63, 3.8) is 0 Å². The lowest BCUT2D eigenvalue weighted by molar-refractivity contribution is 0.302. The fourth-order valence-electron chi connectivity index (χ4n) is 2.19. The zero-order chi connectivity index (χ0) is 14.4. The number of hydrogen-bond acceptors (Lipinski definition) is 2. The molecular weight excluding hydrogens is 246 g/mol. The number of hydrogen-bond donors (Lipinski definition) is 1. The first-order valence-electron chi connectivity index (χ1n) is 7.23. The van der Waals surface area contributed by atoms with E-state index < -0.39 is 0 Å². The molecule has 20 heavy (non-hydrogen) atoms. The van der Waals surface area contributed by atoms with Crippen molar-refractivity contribution in [1.82, 2.24) is 0 Å². The van der Waals surface area contributed by atoms with E-state index in [0.29, 0.717) is 6.61 Å². The van der Waals surface area contributed by atoms with Gasteiger partial charge in [-0.3, -0.25) is 0 Å². The van der Waals surface area contributed by atoms with Crippen LogP contribution in [0.25, 0.3) is 0 Å². The number of para-hydroxylation sites is 1. The van der Waals surface area contributed by atoms with Gasteiger partial charge in [0.2, 0.25) is 0 Å². The molecule has 2 nitrogen and oxygen atoms in total. The molecule has 1 unspecified atom stereocenters. The first kappa shape index (κ1) is 14.6. The van der Waals surface area contributed by atoms with E-state index in [0.717, 1.165) is 18.6 Å². The Morgan fingerprint density at radius 3 is 2.30 bits per heavy atom. The van der Waals surface area contributed by atoms with Crippen LogP contribution in [0.3, 0.4) is 0 Å². The molecule has 2 N–H and O–H groups in total. The van der Waals surface area contributed by atoms with Crippen molar-refractivity contribution in [3.8, 4) is 5.75 Å². The van der Waals surface area contributed by atoms with Crippen molar-refractivity contribution >= 4 is 0 Å². The Hall–Kier alpha value is -1.80. The minimum Gasteiger partial charge on any atom is -0.489 e. The minimum atomic E-state index is 0.142. The second-order valence-corrected chi connectivity index (χ2v) is 5.25. The molecule has 2 heteroatoms. The summed E-state index contributed by atoms with van der Waals surface area (Å²) in [5.74, 6) is 0.935. The SMILES string of the molecule is CCc1ccc(COc2ccccc2CC(C)N)cc1. The van der Waals surface area contributed by atoms with Gasteiger partial charge in [0.15, 0.2) is 0 Å². The highest BCUT2D eigenvalue weighted by atomic mass is 16.5. The van der Waals surface area contributed by atoms with Crippen molar-refractivity contribution in [2.45, 2.75) is 39.3 Å². The van der Waals surface area contributed by atoms with Crippen molar-refractivity contribution in [3.05, 3.63) is 65.2 Å². The summed E-state index contributed by atoms with van der Waals surface area (Å²) in [6.45, 7) is 4.77. The highest BCUT2D eigenvalue weighted by Crippen LogP contribution is 2.20. The van der Waals surface area contributed by atoms with Crippen LogP contribution in [0.1, 0.15) is 30.5 Å². The van der Waals surface area contributed by atoms with Crippen molar-refractivity contribution < 1.29 is 4.74 Å². The van der Waals surface area contributed by atoms with E-state index in [4.69, 9.17) is 10.5 Å². The van der Waals surface area contributed by atoms with E-state index in [1.165, 1.54) is 16.7 Å². The van der Waals surface area contributed by atoms with Gasteiger partial charge >= 0.3 is 0 Å². The Morgan fingerprint density at radius 1 is 1.00 bits per heavy atom. The quantitative estimate of drug-likeness (QED) is 0.867. The van der Waals surface area contributed by atoms with E-state index in [1.807, 2.05) is 25.1 Å². The third-order valence-corrected chi connectivity index (χ3v) is 3.34. The predicted octanol–water partition coefficient (Wildman–Crippen LogP) is 3.72. The van der Waals surface area contributed by atoms with Crippen LogP contribution < -0.4 is 10.5 Å². The predicted molar refractivity (Wildman–Crippen MR) is 83.9 cm³/mol. The van der Waals surface area contributed by atoms with Gasteiger partial charge in [-0.05, 0) is 42.5 Å². The van der Waals surface area contributed by atoms with E-state index >= 15 is 0 Å². The summed E-state index contributed by atoms with van der Waals surface area (Å²) in [6.07, 6.45) is 1.91. The monoisotopic (exact) mass is 269 g/mol. The lowest BCUT2D eigenvalue weighted by Gasteiger charge is -2.13. The lowest BCUT2D eigenvalue weighted by Crippen LogP contribution is -2.18. The summed E-state index contributed by atoms with van der Waals surface area (Å²) in [5.41, 5.74) is 9.60. The molecule has 0 fully saturated rings. The largest absolute Gasteiger partial charge is 0.489 e. The molecule has 0 radical (unpaired) electrons. The molecule has 1 atom stereocenters. The van der Waals surface area contributed by atoms with E-state index in [-0.39, 0.29) is 6.04 Å². The van der Waals surface area contributed by atoms with Crippen LogP contribution in [0, 0.1) is 0 Å². The van der Waals surface area contributed by atoms with Crippen LogP contribution in [0.15, 0.2) is 48.5 Å². The molecule has 2 rings (SSSR count). The fraction of sp³-hybridized carbons (Fsp3) is 0.333. The number of ether oxygens (including phenoxy) is 1. The van der Waals surface area contributed by atoms with Crippen LogP contribution in [-0.4, -0.2) is 6.04 Å². The molecule has 2 aromatic carbocycles. The zero-order valence-electron chi connectivity index (χ0n) is 12.3. The molecule has 0 saturated carbocycles. The molecular formula is C18H23NO. The van der Waals surface area contributed by atoms with Crippen LogP contribution in [0.5, 0.6) is 5.75 Å². The summed E-state index contributed by atoms with van der Waals surface area (Å²) in [6, 6.07) is 16.8. The van der Waals surface area contributed by atoms with Crippen LogP contribution in [0.4, 0.5) is 0 Å². The van der Waals surface area contributed by atoms with Gasteiger partial charge < -0.3 is 10.5 Å². The molecule has 0 bridgehead atoms. The smallest absolute Gasteiger partial charge is 0.123 e. The number of aryl methyl sites for hydroxylation is 1. The Morgan fingerprint density at radius 2 is 1.65 bits per heavy atom. The van der Waals surface area contributed by atoms with Crippen LogP contribution in [0.2, 0.25) is 0 Å². The van der Waals surface area contributed by atoms with E-state index in [1.54, 1.807) is 0 Å². The van der Waals surface area contributed by atoms with Crippen LogP contribution >= 0.6 is 0 Å². The Balaban J connectivity index is 2.02. The fourth-order valence-corrected chi connectivity index (χ4v) is 2.19. The molecule has 0 aliphatic heterocycles. The number of benzene rings is 2. The molecule has 106 valence electrons. The van der Waals surface area contributed by atoms with Gasteiger partial charge in [0.25, 0.3) is 0 Å². The Bertz CT molecular complexity index is 531. The van der Waals surface area contributed by atoms with E-state index in [9.17, 15) is 0 Å². The second kappa shape index (κ2) is 7.11. The van der Waals surface area contributed by atoms with Gasteiger partial charge in [0.05, 0.1) is 0 Å². The molecule has 0 aliphatic rings. The summed E-state index contributed by atoms with van der Waals surface area (Å²) in [5, 5.41) is 0. The average Bonchev–Trinajstić information content (AvgIpc) is 2.46. The molecule has 0 aliphatic carbocycles. The van der Waals surface area contributed by atoms with Gasteiger partial charge in [-0.25, -0.2) is 0 Å². The summed E-state index contributed by atoms with van der Waals surface area (Å²) in [4.78, 5) is 0. The average molecular weight is 269 g/mol. The Kier molecular flexibility index (Phi) is 5.19. The van der Waals surface area contributed by atoms with Crippen molar-refractivity contribution in [2.75, 3.05) is 0 Å². The maximum atomic E-state index is 5.94. The van der Waals surface area contributed by atoms with Gasteiger partial charge in [0.1, 0.15) is 12.4 Å². The number of nitrogens with two attached hydrogens (primary N) is 1. The van der Waals surface area contributed by atoms with Crippen molar-refractivity contribution in [1.29, 1.82) is 0 Å². The van der Waals surface area contributed by atoms with Gasteiger partial charge in [-0.15, -0.1) is 0 Å².